The Bertz CT molecular complexity index is 659. The average molecular weight is 339 g/mol. The highest BCUT2D eigenvalue weighted by Gasteiger charge is 2.19. The van der Waals surface area contributed by atoms with Crippen molar-refractivity contribution in [1.82, 2.24) is 0 Å². The van der Waals surface area contributed by atoms with Gasteiger partial charge in [-0.25, -0.2) is 0 Å². The highest BCUT2D eigenvalue weighted by atomic mass is 35.5. The molecule has 122 valence electrons. The van der Waals surface area contributed by atoms with Crippen LogP contribution in [-0.4, -0.2) is 23.4 Å². The Morgan fingerprint density at radius 1 is 1.43 bits per heavy atom. The Kier molecular flexibility index (Phi) is 5.70. The van der Waals surface area contributed by atoms with E-state index in [4.69, 9.17) is 16.3 Å². The Morgan fingerprint density at radius 2 is 2.22 bits per heavy atom. The molecule has 1 aliphatic carbocycles. The van der Waals surface area contributed by atoms with Crippen LogP contribution in [-0.2, 0) is 14.3 Å². The lowest BCUT2D eigenvalue weighted by Gasteiger charge is -2.09. The summed E-state index contributed by atoms with van der Waals surface area (Å²) in [6, 6.07) is 3.88. The fourth-order valence-electron chi connectivity index (χ4n) is 2.23. The molecule has 1 atom stereocenters. The normalized spacial score (nSPS) is 16.1. The van der Waals surface area contributed by atoms with Crippen molar-refractivity contribution in [2.24, 2.45) is 5.92 Å². The largest absolute Gasteiger partial charge is 0.456 e. The van der Waals surface area contributed by atoms with E-state index in [9.17, 15) is 19.7 Å². The van der Waals surface area contributed by atoms with E-state index < -0.39 is 23.4 Å². The summed E-state index contributed by atoms with van der Waals surface area (Å²) in [7, 11) is 0. The van der Waals surface area contributed by atoms with Gasteiger partial charge in [-0.2, -0.15) is 0 Å². The molecule has 0 radical (unpaired) electrons. The molecule has 0 heterocycles. The summed E-state index contributed by atoms with van der Waals surface area (Å²) in [6.07, 6.45) is 6.03. The van der Waals surface area contributed by atoms with Crippen molar-refractivity contribution in [3.63, 3.8) is 0 Å². The van der Waals surface area contributed by atoms with Gasteiger partial charge in [-0.05, 0) is 30.9 Å². The second kappa shape index (κ2) is 7.73. The van der Waals surface area contributed by atoms with Gasteiger partial charge in [0.05, 0.1) is 11.3 Å². The first kappa shape index (κ1) is 17.0. The van der Waals surface area contributed by atoms with E-state index in [0.29, 0.717) is 0 Å². The molecule has 0 saturated heterocycles. The maximum absolute atomic E-state index is 11.8. The summed E-state index contributed by atoms with van der Waals surface area (Å²) in [5.74, 6) is -0.962. The van der Waals surface area contributed by atoms with Gasteiger partial charge in [-0.3, -0.25) is 19.7 Å². The lowest BCUT2D eigenvalue weighted by Crippen LogP contribution is -2.22. The maximum atomic E-state index is 11.8. The van der Waals surface area contributed by atoms with E-state index >= 15 is 0 Å². The zero-order valence-electron chi connectivity index (χ0n) is 12.2. The molecule has 23 heavy (non-hydrogen) atoms. The summed E-state index contributed by atoms with van der Waals surface area (Å²) < 4.78 is 4.88. The van der Waals surface area contributed by atoms with Crippen LogP contribution in [0.5, 0.6) is 0 Å². The number of allylic oxidation sites excluding steroid dienone is 2. The zero-order chi connectivity index (χ0) is 16.8. The van der Waals surface area contributed by atoms with E-state index in [1.54, 1.807) is 0 Å². The predicted octanol–water partition coefficient (Wildman–Crippen LogP) is 3.09. The fraction of sp³-hybridized carbons (Fsp3) is 0.333. The molecule has 0 fully saturated rings. The summed E-state index contributed by atoms with van der Waals surface area (Å²) in [4.78, 5) is 33.6. The predicted molar refractivity (Wildman–Crippen MR) is 84.2 cm³/mol. The summed E-state index contributed by atoms with van der Waals surface area (Å²) in [6.45, 7) is -0.491. The number of esters is 1. The van der Waals surface area contributed by atoms with Gasteiger partial charge in [0.25, 0.3) is 11.6 Å². The van der Waals surface area contributed by atoms with Crippen molar-refractivity contribution in [2.45, 2.75) is 19.3 Å². The molecule has 1 amide bonds. The molecular formula is C15H15ClN2O5. The fourth-order valence-corrected chi connectivity index (χ4v) is 2.40. The van der Waals surface area contributed by atoms with E-state index in [0.717, 1.165) is 18.9 Å². The number of halogens is 1. The second-order valence-corrected chi connectivity index (χ2v) is 5.53. The van der Waals surface area contributed by atoms with Crippen molar-refractivity contribution < 1.29 is 19.2 Å². The molecule has 0 unspecified atom stereocenters. The molecule has 1 aliphatic rings. The van der Waals surface area contributed by atoms with Crippen LogP contribution in [0.1, 0.15) is 19.3 Å². The molecule has 1 aromatic rings. The van der Waals surface area contributed by atoms with Crippen LogP contribution in [0, 0.1) is 16.0 Å². The van der Waals surface area contributed by atoms with E-state index in [1.807, 2.05) is 12.2 Å². The molecule has 0 spiro atoms. The minimum absolute atomic E-state index is 0.000764. The minimum atomic E-state index is -0.653. The van der Waals surface area contributed by atoms with Crippen LogP contribution >= 0.6 is 11.6 Å². The number of nitro benzene ring substituents is 1. The standard InChI is InChI=1S/C15H15ClN2O5/c16-11-5-6-12(13(8-11)18(21)22)17-14(19)9-23-15(20)7-10-3-1-2-4-10/h1,3,5-6,8,10H,2,4,7,9H2,(H,17,19)/t10-/m1/s1. The molecule has 0 saturated carbocycles. The van der Waals surface area contributed by atoms with Gasteiger partial charge >= 0.3 is 5.97 Å². The number of nitro groups is 1. The first-order valence-corrected chi connectivity index (χ1v) is 7.39. The van der Waals surface area contributed by atoms with Crippen molar-refractivity contribution in [3.8, 4) is 0 Å². The van der Waals surface area contributed by atoms with Gasteiger partial charge in [-0.15, -0.1) is 0 Å². The first-order chi connectivity index (χ1) is 11.0. The molecule has 0 aromatic heterocycles. The highest BCUT2D eigenvalue weighted by Crippen LogP contribution is 2.27. The van der Waals surface area contributed by atoms with Crippen LogP contribution < -0.4 is 5.32 Å². The number of benzene rings is 1. The van der Waals surface area contributed by atoms with Crippen molar-refractivity contribution in [1.29, 1.82) is 0 Å². The summed E-state index contributed by atoms with van der Waals surface area (Å²) in [5, 5.41) is 13.4. The van der Waals surface area contributed by atoms with Gasteiger partial charge in [-0.1, -0.05) is 23.8 Å². The number of hydrogen-bond donors (Lipinski definition) is 1. The third-order valence-electron chi connectivity index (χ3n) is 3.34. The van der Waals surface area contributed by atoms with E-state index in [-0.39, 0.29) is 28.7 Å². The lowest BCUT2D eigenvalue weighted by molar-refractivity contribution is -0.383. The molecule has 1 N–H and O–H groups in total. The third-order valence-corrected chi connectivity index (χ3v) is 3.57. The number of carbonyl (C=O) groups excluding carboxylic acids is 2. The van der Waals surface area contributed by atoms with Crippen LogP contribution in [0.4, 0.5) is 11.4 Å². The number of amides is 1. The van der Waals surface area contributed by atoms with Crippen molar-refractivity contribution in [2.75, 3.05) is 11.9 Å². The first-order valence-electron chi connectivity index (χ1n) is 7.02. The van der Waals surface area contributed by atoms with Gasteiger partial charge in [0.1, 0.15) is 5.69 Å². The molecule has 2 rings (SSSR count). The summed E-state index contributed by atoms with van der Waals surface area (Å²) in [5.41, 5.74) is -0.326. The van der Waals surface area contributed by atoms with Crippen LogP contribution in [0.3, 0.4) is 0 Å². The molecule has 0 aliphatic heterocycles. The maximum Gasteiger partial charge on any atom is 0.306 e. The number of anilines is 1. The van der Waals surface area contributed by atoms with Crippen LogP contribution in [0.25, 0.3) is 0 Å². The third kappa shape index (κ3) is 5.07. The Hall–Kier alpha value is -2.41. The van der Waals surface area contributed by atoms with Crippen molar-refractivity contribution >= 4 is 34.9 Å². The number of ether oxygens (including phenoxy) is 1. The monoisotopic (exact) mass is 338 g/mol. The number of nitrogens with one attached hydrogen (secondary N) is 1. The Labute approximate surface area is 137 Å². The van der Waals surface area contributed by atoms with Gasteiger partial charge in [0.2, 0.25) is 0 Å². The lowest BCUT2D eigenvalue weighted by atomic mass is 10.1. The molecular weight excluding hydrogens is 324 g/mol. The Morgan fingerprint density at radius 3 is 2.87 bits per heavy atom. The summed E-state index contributed by atoms with van der Waals surface area (Å²) >= 11 is 5.69. The van der Waals surface area contributed by atoms with Crippen molar-refractivity contribution in [3.05, 3.63) is 45.5 Å². The van der Waals surface area contributed by atoms with E-state index in [1.165, 1.54) is 12.1 Å². The minimum Gasteiger partial charge on any atom is -0.456 e. The molecule has 8 heteroatoms. The number of nitrogens with zero attached hydrogens (tertiary/aromatic N) is 1. The van der Waals surface area contributed by atoms with Crippen LogP contribution in [0.2, 0.25) is 5.02 Å². The highest BCUT2D eigenvalue weighted by molar-refractivity contribution is 6.31. The zero-order valence-corrected chi connectivity index (χ0v) is 12.9. The molecule has 1 aromatic carbocycles. The molecule has 7 nitrogen and oxygen atoms in total. The average Bonchev–Trinajstić information content (AvgIpc) is 2.99. The SMILES string of the molecule is O=C(COC(=O)C[C@@H]1C=CCC1)Nc1ccc(Cl)cc1[N+](=O)[O-]. The molecule has 0 bridgehead atoms. The smallest absolute Gasteiger partial charge is 0.306 e. The number of carbonyl (C=O) groups is 2. The quantitative estimate of drug-likeness (QED) is 0.372. The second-order valence-electron chi connectivity index (χ2n) is 5.10. The van der Waals surface area contributed by atoms with E-state index in [2.05, 4.69) is 5.32 Å². The number of hydrogen-bond acceptors (Lipinski definition) is 5. The van der Waals surface area contributed by atoms with Crippen LogP contribution in [0.15, 0.2) is 30.4 Å². The van der Waals surface area contributed by atoms with Gasteiger partial charge in [0.15, 0.2) is 6.61 Å². The van der Waals surface area contributed by atoms with Gasteiger partial charge in [0, 0.05) is 11.1 Å². The topological polar surface area (TPSA) is 98.5 Å². The Balaban J connectivity index is 1.86. The number of rotatable bonds is 6. The van der Waals surface area contributed by atoms with Gasteiger partial charge < -0.3 is 10.1 Å².